The molecule has 1 N–H and O–H groups in total. The highest BCUT2D eigenvalue weighted by Crippen LogP contribution is 2.26. The van der Waals surface area contributed by atoms with Crippen LogP contribution in [0.15, 0.2) is 41.8 Å². The Hall–Kier alpha value is -2.61. The molecule has 3 rings (SSSR count). The average molecular weight is 388 g/mol. The van der Waals surface area contributed by atoms with E-state index in [1.54, 1.807) is 23.5 Å². The third kappa shape index (κ3) is 4.57. The van der Waals surface area contributed by atoms with E-state index in [4.69, 9.17) is 0 Å². The molecule has 2 heterocycles. The molecule has 27 heavy (non-hydrogen) atoms. The van der Waals surface area contributed by atoms with Crippen molar-refractivity contribution in [3.05, 3.63) is 56.8 Å². The van der Waals surface area contributed by atoms with E-state index in [9.17, 15) is 14.9 Å². The van der Waals surface area contributed by atoms with Crippen molar-refractivity contribution in [1.82, 2.24) is 10.2 Å². The van der Waals surface area contributed by atoms with Crippen LogP contribution in [0.1, 0.15) is 24.8 Å². The maximum Gasteiger partial charge on any atom is 0.318 e. The molecule has 2 aromatic rings. The monoisotopic (exact) mass is 388 g/mol. The zero-order valence-corrected chi connectivity index (χ0v) is 16.3. The van der Waals surface area contributed by atoms with Crippen LogP contribution in [0.5, 0.6) is 0 Å². The normalized spacial score (nSPS) is 15.7. The molecule has 1 aromatic carbocycles. The first-order valence-corrected chi connectivity index (χ1v) is 9.92. The Kier molecular flexibility index (Phi) is 5.95. The summed E-state index contributed by atoms with van der Waals surface area (Å²) >= 11 is 1.66. The standard InChI is InChI=1S/C19H24N4O3S/c1-14(2)18(17-4-3-13-27-17)20-19(24)22-11-9-21(10-12-22)15-5-7-16(8-6-15)23(25)26/h3-8,13-14,18H,9-12H2,1-2H3,(H,20,24). The van der Waals surface area contributed by atoms with E-state index in [1.165, 1.54) is 17.0 Å². The van der Waals surface area contributed by atoms with Gasteiger partial charge in [0, 0.05) is 48.9 Å². The van der Waals surface area contributed by atoms with Crippen LogP contribution >= 0.6 is 11.3 Å². The number of non-ortho nitro benzene ring substituents is 1. The highest BCUT2D eigenvalue weighted by Gasteiger charge is 2.25. The van der Waals surface area contributed by atoms with Gasteiger partial charge in [-0.3, -0.25) is 10.1 Å². The van der Waals surface area contributed by atoms with Gasteiger partial charge in [-0.25, -0.2) is 4.79 Å². The van der Waals surface area contributed by atoms with Gasteiger partial charge < -0.3 is 15.1 Å². The Morgan fingerprint density at radius 3 is 2.33 bits per heavy atom. The Labute approximate surface area is 162 Å². The largest absolute Gasteiger partial charge is 0.368 e. The minimum Gasteiger partial charge on any atom is -0.368 e. The number of nitro groups is 1. The molecule has 7 nitrogen and oxygen atoms in total. The Balaban J connectivity index is 1.56. The van der Waals surface area contributed by atoms with Crippen molar-refractivity contribution in [2.45, 2.75) is 19.9 Å². The summed E-state index contributed by atoms with van der Waals surface area (Å²) in [5, 5.41) is 16.0. The summed E-state index contributed by atoms with van der Waals surface area (Å²) in [6.45, 7) is 6.87. The van der Waals surface area contributed by atoms with Crippen LogP contribution in [0.2, 0.25) is 0 Å². The first kappa shape index (κ1) is 19.2. The molecule has 144 valence electrons. The van der Waals surface area contributed by atoms with Crippen molar-refractivity contribution < 1.29 is 9.72 Å². The van der Waals surface area contributed by atoms with Gasteiger partial charge in [0.25, 0.3) is 5.69 Å². The number of hydrogen-bond donors (Lipinski definition) is 1. The number of benzene rings is 1. The van der Waals surface area contributed by atoms with E-state index in [1.807, 2.05) is 16.3 Å². The van der Waals surface area contributed by atoms with Crippen LogP contribution in [-0.4, -0.2) is 42.0 Å². The van der Waals surface area contributed by atoms with Crippen LogP contribution < -0.4 is 10.2 Å². The number of carbonyl (C=O) groups is 1. The SMILES string of the molecule is CC(C)C(NC(=O)N1CCN(c2ccc([N+](=O)[O-])cc2)CC1)c1cccs1. The molecule has 1 aromatic heterocycles. The fourth-order valence-electron chi connectivity index (χ4n) is 3.21. The molecule has 1 saturated heterocycles. The number of nitrogens with zero attached hydrogens (tertiary/aromatic N) is 3. The van der Waals surface area contributed by atoms with Crippen molar-refractivity contribution in [2.75, 3.05) is 31.1 Å². The van der Waals surface area contributed by atoms with E-state index in [2.05, 4.69) is 30.1 Å². The number of urea groups is 1. The predicted molar refractivity (Wildman–Crippen MR) is 107 cm³/mol. The second-order valence-corrected chi connectivity index (χ2v) is 7.91. The zero-order chi connectivity index (χ0) is 19.4. The molecular formula is C19H24N4O3S. The topological polar surface area (TPSA) is 78.7 Å². The second-order valence-electron chi connectivity index (χ2n) is 6.93. The molecule has 0 saturated carbocycles. The lowest BCUT2D eigenvalue weighted by molar-refractivity contribution is -0.384. The zero-order valence-electron chi connectivity index (χ0n) is 15.5. The molecule has 1 aliphatic rings. The second kappa shape index (κ2) is 8.39. The number of anilines is 1. The van der Waals surface area contributed by atoms with Gasteiger partial charge in [0.05, 0.1) is 11.0 Å². The van der Waals surface area contributed by atoms with Gasteiger partial charge in [0.1, 0.15) is 0 Å². The van der Waals surface area contributed by atoms with Crippen LogP contribution in [0.25, 0.3) is 0 Å². The molecule has 1 atom stereocenters. The molecule has 1 fully saturated rings. The van der Waals surface area contributed by atoms with E-state index in [0.717, 1.165) is 5.69 Å². The van der Waals surface area contributed by atoms with E-state index in [0.29, 0.717) is 32.1 Å². The lowest BCUT2D eigenvalue weighted by atomic mass is 10.0. The number of carbonyl (C=O) groups excluding carboxylic acids is 1. The fourth-order valence-corrected chi connectivity index (χ4v) is 4.16. The Morgan fingerprint density at radius 2 is 1.81 bits per heavy atom. The van der Waals surface area contributed by atoms with Crippen molar-refractivity contribution in [3.63, 3.8) is 0 Å². The summed E-state index contributed by atoms with van der Waals surface area (Å²) in [5.41, 5.74) is 1.03. The molecule has 1 aliphatic heterocycles. The van der Waals surface area contributed by atoms with E-state index in [-0.39, 0.29) is 17.8 Å². The van der Waals surface area contributed by atoms with Gasteiger partial charge in [-0.15, -0.1) is 11.3 Å². The summed E-state index contributed by atoms with van der Waals surface area (Å²) in [6, 6.07) is 10.6. The van der Waals surface area contributed by atoms with Gasteiger partial charge >= 0.3 is 6.03 Å². The summed E-state index contributed by atoms with van der Waals surface area (Å²) in [6.07, 6.45) is 0. The minimum absolute atomic E-state index is 0.0187. The Morgan fingerprint density at radius 1 is 1.15 bits per heavy atom. The number of nitrogens with one attached hydrogen (secondary N) is 1. The van der Waals surface area contributed by atoms with Crippen LogP contribution in [-0.2, 0) is 0 Å². The number of nitro benzene ring substituents is 1. The van der Waals surface area contributed by atoms with Gasteiger partial charge in [-0.2, -0.15) is 0 Å². The molecule has 0 spiro atoms. The quantitative estimate of drug-likeness (QED) is 0.623. The molecule has 1 unspecified atom stereocenters. The van der Waals surface area contributed by atoms with Crippen molar-refractivity contribution in [3.8, 4) is 0 Å². The van der Waals surface area contributed by atoms with E-state index < -0.39 is 4.92 Å². The summed E-state index contributed by atoms with van der Waals surface area (Å²) in [5.74, 6) is 0.314. The third-order valence-corrected chi connectivity index (χ3v) is 5.74. The van der Waals surface area contributed by atoms with Gasteiger partial charge in [0.2, 0.25) is 0 Å². The third-order valence-electron chi connectivity index (χ3n) is 4.79. The van der Waals surface area contributed by atoms with Gasteiger partial charge in [-0.05, 0) is 29.5 Å². The maximum atomic E-state index is 12.7. The van der Waals surface area contributed by atoms with Crippen LogP contribution in [0, 0.1) is 16.0 Å². The number of piperazine rings is 1. The minimum atomic E-state index is -0.398. The lowest BCUT2D eigenvalue weighted by Crippen LogP contribution is -2.52. The molecule has 0 aliphatic carbocycles. The summed E-state index contributed by atoms with van der Waals surface area (Å²) < 4.78 is 0. The Bertz CT molecular complexity index is 769. The first-order valence-electron chi connectivity index (χ1n) is 9.04. The van der Waals surface area contributed by atoms with Crippen LogP contribution in [0.4, 0.5) is 16.2 Å². The summed E-state index contributed by atoms with van der Waals surface area (Å²) in [4.78, 5) is 28.2. The number of hydrogen-bond acceptors (Lipinski definition) is 5. The van der Waals surface area contributed by atoms with Crippen LogP contribution in [0.3, 0.4) is 0 Å². The molecule has 2 amide bonds. The van der Waals surface area contributed by atoms with Crippen molar-refractivity contribution in [2.24, 2.45) is 5.92 Å². The fraction of sp³-hybridized carbons (Fsp3) is 0.421. The van der Waals surface area contributed by atoms with Crippen molar-refractivity contribution >= 4 is 28.7 Å². The lowest BCUT2D eigenvalue weighted by Gasteiger charge is -2.37. The highest BCUT2D eigenvalue weighted by atomic mass is 32.1. The first-order chi connectivity index (χ1) is 13.0. The molecule has 8 heteroatoms. The molecule has 0 bridgehead atoms. The number of amides is 2. The van der Waals surface area contributed by atoms with Gasteiger partial charge in [0.15, 0.2) is 0 Å². The average Bonchev–Trinajstić information content (AvgIpc) is 3.20. The molecule has 0 radical (unpaired) electrons. The van der Waals surface area contributed by atoms with Gasteiger partial charge in [-0.1, -0.05) is 19.9 Å². The van der Waals surface area contributed by atoms with Crippen molar-refractivity contribution in [1.29, 1.82) is 0 Å². The highest BCUT2D eigenvalue weighted by molar-refractivity contribution is 7.10. The van der Waals surface area contributed by atoms with E-state index >= 15 is 0 Å². The molecular weight excluding hydrogens is 364 g/mol. The summed E-state index contributed by atoms with van der Waals surface area (Å²) in [7, 11) is 0. The maximum absolute atomic E-state index is 12.7. The predicted octanol–water partition coefficient (Wildman–Crippen LogP) is 3.89. The number of rotatable bonds is 5. The number of thiophene rings is 1. The smallest absolute Gasteiger partial charge is 0.318 e.